The van der Waals surface area contributed by atoms with Gasteiger partial charge in [0, 0.05) is 25.4 Å². The summed E-state index contributed by atoms with van der Waals surface area (Å²) in [6.45, 7) is 4.62. The van der Waals surface area contributed by atoms with E-state index in [0.717, 1.165) is 11.9 Å². The number of carbonyl (C=O) groups is 2. The molecule has 0 atom stereocenters. The Labute approximate surface area is 205 Å². The predicted molar refractivity (Wildman–Crippen MR) is 131 cm³/mol. The maximum absolute atomic E-state index is 12.8. The van der Waals surface area contributed by atoms with Crippen molar-refractivity contribution in [2.24, 2.45) is 0 Å². The molecule has 1 heterocycles. The molecule has 35 heavy (non-hydrogen) atoms. The minimum absolute atomic E-state index is 0.139. The van der Waals surface area contributed by atoms with Gasteiger partial charge in [-0.2, -0.15) is 5.10 Å². The molecule has 0 saturated carbocycles. The van der Waals surface area contributed by atoms with Gasteiger partial charge in [0.05, 0.1) is 35.7 Å². The van der Waals surface area contributed by atoms with E-state index in [0.29, 0.717) is 42.1 Å². The highest BCUT2D eigenvalue weighted by atomic mass is 32.2. The molecule has 0 N–H and O–H groups in total. The third-order valence-electron chi connectivity index (χ3n) is 5.35. The summed E-state index contributed by atoms with van der Waals surface area (Å²) in [5.41, 5.74) is 2.30. The Morgan fingerprint density at radius 3 is 2.49 bits per heavy atom. The molecule has 10 heteroatoms. The third kappa shape index (κ3) is 6.48. The van der Waals surface area contributed by atoms with Crippen LogP contribution in [0.1, 0.15) is 39.8 Å². The van der Waals surface area contributed by atoms with E-state index >= 15 is 0 Å². The van der Waals surface area contributed by atoms with Crippen LogP contribution in [0.3, 0.4) is 0 Å². The second kappa shape index (κ2) is 11.2. The van der Waals surface area contributed by atoms with E-state index in [-0.39, 0.29) is 17.4 Å². The van der Waals surface area contributed by atoms with Crippen LogP contribution < -0.4 is 4.74 Å². The molecule has 3 rings (SSSR count). The fourth-order valence-electron chi connectivity index (χ4n) is 3.43. The molecule has 2 aromatic carbocycles. The van der Waals surface area contributed by atoms with Crippen molar-refractivity contribution in [3.63, 3.8) is 0 Å². The quantitative estimate of drug-likeness (QED) is 0.311. The highest BCUT2D eigenvalue weighted by Gasteiger charge is 2.17. The number of hydrogen-bond acceptors (Lipinski definition) is 7. The van der Waals surface area contributed by atoms with E-state index in [9.17, 15) is 18.0 Å². The van der Waals surface area contributed by atoms with Crippen molar-refractivity contribution < 1.29 is 27.5 Å². The molecule has 1 amide bonds. The molecule has 0 fully saturated rings. The van der Waals surface area contributed by atoms with Crippen molar-refractivity contribution >= 4 is 21.7 Å². The van der Waals surface area contributed by atoms with Gasteiger partial charge in [0.2, 0.25) is 0 Å². The minimum atomic E-state index is -3.30. The smallest absolute Gasteiger partial charge is 0.341 e. The van der Waals surface area contributed by atoms with Crippen LogP contribution in [0.25, 0.3) is 5.69 Å². The highest BCUT2D eigenvalue weighted by molar-refractivity contribution is 7.90. The fraction of sp³-hybridized carbons (Fsp3) is 0.320. The molecule has 0 spiro atoms. The van der Waals surface area contributed by atoms with E-state index in [1.165, 1.54) is 18.3 Å². The SMILES string of the molecule is CCOC(=O)c1cnn(-c2ccc(C(=O)N(C)CCCOc3cccc(S(C)(=O)=O)c3)cc2)c1C. The Morgan fingerprint density at radius 1 is 1.11 bits per heavy atom. The summed E-state index contributed by atoms with van der Waals surface area (Å²) in [5.74, 6) is -0.0886. The van der Waals surface area contributed by atoms with E-state index < -0.39 is 15.8 Å². The lowest BCUT2D eigenvalue weighted by Crippen LogP contribution is -2.28. The Hall–Kier alpha value is -3.66. The lowest BCUT2D eigenvalue weighted by molar-refractivity contribution is 0.0525. The number of carbonyl (C=O) groups excluding carboxylic acids is 2. The molecule has 0 aliphatic rings. The number of benzene rings is 2. The van der Waals surface area contributed by atoms with Gasteiger partial charge in [-0.15, -0.1) is 0 Å². The maximum atomic E-state index is 12.8. The van der Waals surface area contributed by atoms with Crippen molar-refractivity contribution in [2.75, 3.05) is 33.1 Å². The number of nitrogens with zero attached hydrogens (tertiary/aromatic N) is 3. The normalized spacial score (nSPS) is 11.2. The number of hydrogen-bond donors (Lipinski definition) is 0. The van der Waals surface area contributed by atoms with Crippen LogP contribution in [0.5, 0.6) is 5.75 Å². The van der Waals surface area contributed by atoms with Crippen molar-refractivity contribution in [2.45, 2.75) is 25.2 Å². The van der Waals surface area contributed by atoms with Crippen LogP contribution in [0.2, 0.25) is 0 Å². The lowest BCUT2D eigenvalue weighted by atomic mass is 10.1. The number of rotatable bonds is 10. The Bertz CT molecular complexity index is 1300. The van der Waals surface area contributed by atoms with Crippen LogP contribution in [0.4, 0.5) is 0 Å². The first-order valence-corrected chi connectivity index (χ1v) is 13.0. The number of amides is 1. The van der Waals surface area contributed by atoms with Gasteiger partial charge in [-0.25, -0.2) is 17.9 Å². The van der Waals surface area contributed by atoms with Crippen LogP contribution in [0, 0.1) is 6.92 Å². The first-order chi connectivity index (χ1) is 16.6. The largest absolute Gasteiger partial charge is 0.493 e. The molecule has 0 bridgehead atoms. The minimum Gasteiger partial charge on any atom is -0.493 e. The zero-order valence-corrected chi connectivity index (χ0v) is 21.0. The lowest BCUT2D eigenvalue weighted by Gasteiger charge is -2.18. The zero-order chi connectivity index (χ0) is 25.6. The summed E-state index contributed by atoms with van der Waals surface area (Å²) in [6, 6.07) is 13.3. The van der Waals surface area contributed by atoms with Gasteiger partial charge < -0.3 is 14.4 Å². The summed E-state index contributed by atoms with van der Waals surface area (Å²) in [4.78, 5) is 26.6. The van der Waals surface area contributed by atoms with Crippen molar-refractivity contribution in [1.29, 1.82) is 0 Å². The third-order valence-corrected chi connectivity index (χ3v) is 6.46. The maximum Gasteiger partial charge on any atom is 0.341 e. The van der Waals surface area contributed by atoms with E-state index in [1.54, 1.807) is 66.9 Å². The van der Waals surface area contributed by atoms with Gasteiger partial charge >= 0.3 is 5.97 Å². The van der Waals surface area contributed by atoms with Crippen LogP contribution in [-0.2, 0) is 14.6 Å². The van der Waals surface area contributed by atoms with Crippen molar-refractivity contribution in [3.05, 3.63) is 71.5 Å². The van der Waals surface area contributed by atoms with Crippen molar-refractivity contribution in [3.8, 4) is 11.4 Å². The number of ether oxygens (including phenoxy) is 2. The fourth-order valence-corrected chi connectivity index (χ4v) is 4.09. The number of sulfone groups is 1. The first kappa shape index (κ1) is 26.0. The molecule has 0 radical (unpaired) electrons. The molecule has 9 nitrogen and oxygen atoms in total. The Morgan fingerprint density at radius 2 is 1.83 bits per heavy atom. The van der Waals surface area contributed by atoms with Gasteiger partial charge in [0.15, 0.2) is 9.84 Å². The highest BCUT2D eigenvalue weighted by Crippen LogP contribution is 2.18. The molecule has 0 aliphatic carbocycles. The van der Waals surface area contributed by atoms with E-state index in [2.05, 4.69) is 5.10 Å². The average molecular weight is 500 g/mol. The predicted octanol–water partition coefficient (Wildman–Crippen LogP) is 3.30. The van der Waals surface area contributed by atoms with E-state index in [4.69, 9.17) is 9.47 Å². The van der Waals surface area contributed by atoms with Gasteiger partial charge in [0.1, 0.15) is 11.3 Å². The monoisotopic (exact) mass is 499 g/mol. The standard InChI is InChI=1S/C25H29N3O6S/c1-5-33-25(30)23-17-26-28(18(23)2)20-12-10-19(11-13-20)24(29)27(3)14-7-15-34-21-8-6-9-22(16-21)35(4,31)32/h6,8-13,16-17H,5,7,14-15H2,1-4H3. The first-order valence-electron chi connectivity index (χ1n) is 11.1. The summed E-state index contributed by atoms with van der Waals surface area (Å²) in [5, 5.41) is 4.27. The summed E-state index contributed by atoms with van der Waals surface area (Å²) in [7, 11) is -1.59. The van der Waals surface area contributed by atoms with Gasteiger partial charge in [0.25, 0.3) is 5.91 Å². The molecule has 0 aliphatic heterocycles. The average Bonchev–Trinajstić information content (AvgIpc) is 3.22. The van der Waals surface area contributed by atoms with Gasteiger partial charge in [-0.3, -0.25) is 4.79 Å². The molecule has 0 saturated heterocycles. The molecule has 3 aromatic rings. The Balaban J connectivity index is 1.55. The topological polar surface area (TPSA) is 108 Å². The molecular weight excluding hydrogens is 470 g/mol. The second-order valence-electron chi connectivity index (χ2n) is 8.00. The molecule has 1 aromatic heterocycles. The van der Waals surface area contributed by atoms with E-state index in [1.807, 2.05) is 0 Å². The Kier molecular flexibility index (Phi) is 8.29. The van der Waals surface area contributed by atoms with Crippen LogP contribution in [0.15, 0.2) is 59.6 Å². The molecular formula is C25H29N3O6S. The number of esters is 1. The van der Waals surface area contributed by atoms with Gasteiger partial charge in [-0.1, -0.05) is 6.07 Å². The van der Waals surface area contributed by atoms with Crippen LogP contribution in [-0.4, -0.2) is 68.0 Å². The summed E-state index contributed by atoms with van der Waals surface area (Å²) < 4.78 is 35.6. The van der Waals surface area contributed by atoms with Gasteiger partial charge in [-0.05, 0) is 62.7 Å². The summed E-state index contributed by atoms with van der Waals surface area (Å²) >= 11 is 0. The van der Waals surface area contributed by atoms with Crippen molar-refractivity contribution in [1.82, 2.24) is 14.7 Å². The molecule has 0 unspecified atom stereocenters. The molecule has 186 valence electrons. The number of aromatic nitrogens is 2. The second-order valence-corrected chi connectivity index (χ2v) is 10.0. The zero-order valence-electron chi connectivity index (χ0n) is 20.2. The summed E-state index contributed by atoms with van der Waals surface area (Å²) in [6.07, 6.45) is 3.20. The van der Waals surface area contributed by atoms with Crippen LogP contribution >= 0.6 is 0 Å².